The van der Waals surface area contributed by atoms with Gasteiger partial charge >= 0.3 is 6.47 Å². The average Bonchev–Trinajstić information content (AvgIpc) is 3.22. The number of fused-ring (bicyclic) bond motifs is 1. The number of sulfonamides is 1. The lowest BCUT2D eigenvalue weighted by Crippen LogP contribution is -2.45. The highest BCUT2D eigenvalue weighted by atomic mass is 32.2. The van der Waals surface area contributed by atoms with Gasteiger partial charge in [-0.25, -0.2) is 18.4 Å². The van der Waals surface area contributed by atoms with Gasteiger partial charge in [0, 0.05) is 11.8 Å². The molecule has 2 aromatic carbocycles. The van der Waals surface area contributed by atoms with Crippen molar-refractivity contribution in [1.29, 1.82) is 0 Å². The number of carbonyl (C=O) groups is 1. The molecular weight excluding hydrogens is 506 g/mol. The average molecular weight is 538 g/mol. The van der Waals surface area contributed by atoms with Crippen molar-refractivity contribution in [1.82, 2.24) is 19.0 Å². The summed E-state index contributed by atoms with van der Waals surface area (Å²) >= 11 is 0. The Bertz CT molecular complexity index is 1590. The summed E-state index contributed by atoms with van der Waals surface area (Å²) in [4.78, 5) is 24.6. The van der Waals surface area contributed by atoms with Gasteiger partial charge in [0.1, 0.15) is 4.90 Å². The Balaban J connectivity index is 1.89. The van der Waals surface area contributed by atoms with Crippen LogP contribution in [0.4, 0.5) is 5.95 Å². The molecule has 0 bridgehead atoms. The summed E-state index contributed by atoms with van der Waals surface area (Å²) in [5, 5.41) is 0. The third-order valence-corrected chi connectivity index (χ3v) is 8.17. The first-order valence-electron chi connectivity index (χ1n) is 11.9. The molecule has 0 saturated carbocycles. The van der Waals surface area contributed by atoms with Crippen molar-refractivity contribution in [2.45, 2.75) is 50.6 Å². The molecular formula is C27H31N5O5S. The molecule has 0 spiro atoms. The summed E-state index contributed by atoms with van der Waals surface area (Å²) in [6.45, 7) is 8.99. The molecule has 0 fully saturated rings. The zero-order valence-corrected chi connectivity index (χ0v) is 23.0. The molecule has 0 aliphatic heterocycles. The van der Waals surface area contributed by atoms with Crippen LogP contribution in [0, 0.1) is 0 Å². The van der Waals surface area contributed by atoms with Gasteiger partial charge in [0.15, 0.2) is 0 Å². The van der Waals surface area contributed by atoms with E-state index in [1.165, 1.54) is 19.4 Å². The minimum Gasteiger partial charge on any atom is -0.480 e. The van der Waals surface area contributed by atoms with E-state index in [0.717, 1.165) is 11.1 Å². The highest BCUT2D eigenvalue weighted by molar-refractivity contribution is 7.89. The number of pyridine rings is 1. The van der Waals surface area contributed by atoms with E-state index in [-0.39, 0.29) is 17.2 Å². The molecule has 0 aliphatic rings. The van der Waals surface area contributed by atoms with Gasteiger partial charge in [-0.3, -0.25) is 4.79 Å². The first-order valence-corrected chi connectivity index (χ1v) is 13.3. The second-order valence-electron chi connectivity index (χ2n) is 10.3. The van der Waals surface area contributed by atoms with E-state index in [1.54, 1.807) is 20.8 Å². The quantitative estimate of drug-likeness (QED) is 0.259. The molecule has 38 heavy (non-hydrogen) atoms. The zero-order chi connectivity index (χ0) is 27.9. The van der Waals surface area contributed by atoms with Crippen LogP contribution in [0.15, 0.2) is 65.7 Å². The monoisotopic (exact) mass is 537 g/mol. The maximum absolute atomic E-state index is 13.6. The van der Waals surface area contributed by atoms with Crippen LogP contribution in [0.3, 0.4) is 0 Å². The number of rotatable bonds is 8. The number of methoxy groups -OCH3 is 1. The molecule has 2 aromatic heterocycles. The van der Waals surface area contributed by atoms with Crippen LogP contribution in [0.5, 0.6) is 5.88 Å². The lowest BCUT2D eigenvalue weighted by molar-refractivity contribution is -0.165. The van der Waals surface area contributed by atoms with Gasteiger partial charge in [0.05, 0.1) is 29.2 Å². The molecule has 0 aliphatic carbocycles. The Morgan fingerprint density at radius 1 is 1.00 bits per heavy atom. The third kappa shape index (κ3) is 4.70. The molecule has 2 heterocycles. The topological polar surface area (TPSA) is 130 Å². The number of benzene rings is 2. The molecule has 4 aromatic rings. The normalized spacial score (nSPS) is 12.6. The summed E-state index contributed by atoms with van der Waals surface area (Å²) in [6.07, 6.45) is 1.52. The van der Waals surface area contributed by atoms with Crippen molar-refractivity contribution in [2.24, 2.45) is 0 Å². The van der Waals surface area contributed by atoms with Crippen molar-refractivity contribution >= 4 is 33.5 Å². The van der Waals surface area contributed by atoms with Gasteiger partial charge in [-0.05, 0) is 68.4 Å². The largest absolute Gasteiger partial charge is 0.480 e. The number of ether oxygens (including phenoxy) is 1. The van der Waals surface area contributed by atoms with Crippen molar-refractivity contribution in [3.05, 3.63) is 66.4 Å². The fraction of sp³-hybridized carbons (Fsp3) is 0.296. The van der Waals surface area contributed by atoms with Crippen molar-refractivity contribution in [3.63, 3.8) is 0 Å². The summed E-state index contributed by atoms with van der Waals surface area (Å²) in [6, 6.07) is 16.9. The van der Waals surface area contributed by atoms with E-state index in [0.29, 0.717) is 27.1 Å². The lowest BCUT2D eigenvalue weighted by Gasteiger charge is -2.31. The van der Waals surface area contributed by atoms with Gasteiger partial charge in [0.2, 0.25) is 11.8 Å². The number of imidazole rings is 1. The van der Waals surface area contributed by atoms with Crippen LogP contribution < -0.4 is 10.5 Å². The third-order valence-electron chi connectivity index (χ3n) is 6.25. The Labute approximate surface area is 222 Å². The number of hydrogen-bond donors (Lipinski definition) is 1. The number of nitrogens with two attached hydrogens (primary N) is 1. The molecule has 4 rings (SSSR count). The predicted molar refractivity (Wildman–Crippen MR) is 145 cm³/mol. The first-order chi connectivity index (χ1) is 17.8. The second kappa shape index (κ2) is 9.73. The minimum absolute atomic E-state index is 0.0700. The second-order valence-corrected chi connectivity index (χ2v) is 12.0. The van der Waals surface area contributed by atoms with Gasteiger partial charge in [-0.2, -0.15) is 0 Å². The van der Waals surface area contributed by atoms with Crippen LogP contribution >= 0.6 is 0 Å². The number of anilines is 1. The van der Waals surface area contributed by atoms with Crippen LogP contribution in [0.1, 0.15) is 40.2 Å². The molecule has 200 valence electrons. The maximum Gasteiger partial charge on any atom is 0.314 e. The number of hydroxylamine groups is 1. The fourth-order valence-corrected chi connectivity index (χ4v) is 6.15. The number of nitrogens with zero attached hydrogens (tertiary/aromatic N) is 4. The first kappa shape index (κ1) is 27.1. The molecule has 0 saturated heterocycles. The van der Waals surface area contributed by atoms with Gasteiger partial charge < -0.3 is 19.9 Å². The van der Waals surface area contributed by atoms with Gasteiger partial charge in [0.25, 0.3) is 10.0 Å². The Hall–Kier alpha value is -3.96. The molecule has 0 amide bonds. The number of aromatic nitrogens is 3. The van der Waals surface area contributed by atoms with E-state index >= 15 is 0 Å². The van der Waals surface area contributed by atoms with Crippen LogP contribution in [0.2, 0.25) is 0 Å². The number of nitrogen functional groups attached to an aromatic ring is 1. The molecule has 0 radical (unpaired) electrons. The summed E-state index contributed by atoms with van der Waals surface area (Å²) < 4.78 is 35.0. The fourth-order valence-electron chi connectivity index (χ4n) is 4.47. The summed E-state index contributed by atoms with van der Waals surface area (Å²) in [7, 11) is -3.02. The van der Waals surface area contributed by atoms with Crippen molar-refractivity contribution in [2.75, 3.05) is 12.8 Å². The van der Waals surface area contributed by atoms with Crippen molar-refractivity contribution < 1.29 is 22.8 Å². The smallest absolute Gasteiger partial charge is 0.314 e. The number of hydrogen-bond acceptors (Lipinski definition) is 8. The highest BCUT2D eigenvalue weighted by Crippen LogP contribution is 2.36. The maximum atomic E-state index is 13.6. The highest BCUT2D eigenvalue weighted by Gasteiger charge is 2.39. The molecule has 10 nitrogen and oxygen atoms in total. The van der Waals surface area contributed by atoms with Crippen LogP contribution in [-0.2, 0) is 25.2 Å². The molecule has 0 unspecified atom stereocenters. The van der Waals surface area contributed by atoms with Gasteiger partial charge in [-0.1, -0.05) is 36.4 Å². The van der Waals surface area contributed by atoms with E-state index < -0.39 is 21.1 Å². The minimum atomic E-state index is -4.35. The lowest BCUT2D eigenvalue weighted by atomic mass is 9.93. The van der Waals surface area contributed by atoms with Crippen LogP contribution in [0.25, 0.3) is 22.2 Å². The molecule has 0 atom stereocenters. The summed E-state index contributed by atoms with van der Waals surface area (Å²) in [5.41, 5.74) is 8.51. The molecule has 2 N–H and O–H groups in total. The van der Waals surface area contributed by atoms with E-state index in [2.05, 4.69) is 23.8 Å². The van der Waals surface area contributed by atoms with E-state index in [4.69, 9.17) is 15.3 Å². The summed E-state index contributed by atoms with van der Waals surface area (Å²) in [5.74, 6) is 0.229. The zero-order valence-electron chi connectivity index (χ0n) is 22.2. The Morgan fingerprint density at radius 2 is 1.68 bits per heavy atom. The standard InChI is InChI=1S/C27H31N5O5S/c1-26(2,3)32(37-17-33)38(34,35)23-15-19(16-29-24(23)36-6)18-12-13-21-22(14-18)31(25(28)30-21)27(4,5)20-10-8-7-9-11-20/h7-17H,1-6H3,(H2,28,30). The van der Waals surface area contributed by atoms with Crippen molar-refractivity contribution in [3.8, 4) is 17.0 Å². The van der Waals surface area contributed by atoms with E-state index in [1.807, 2.05) is 53.1 Å². The predicted octanol–water partition coefficient (Wildman–Crippen LogP) is 4.35. The number of carbonyl (C=O) groups excluding carboxylic acids is 1. The van der Waals surface area contributed by atoms with Gasteiger partial charge in [-0.15, -0.1) is 0 Å². The van der Waals surface area contributed by atoms with Crippen LogP contribution in [-0.4, -0.2) is 46.5 Å². The van der Waals surface area contributed by atoms with E-state index in [9.17, 15) is 13.2 Å². The Kier molecular flexibility index (Phi) is 6.94. The Morgan fingerprint density at radius 3 is 2.29 bits per heavy atom. The molecule has 11 heteroatoms. The SMILES string of the molecule is COc1ncc(-c2ccc3nc(N)n(C(C)(C)c4ccccc4)c3c2)cc1S(=O)(=O)N(OC=O)C(C)(C)C.